The van der Waals surface area contributed by atoms with Gasteiger partial charge < -0.3 is 10.6 Å². The molecule has 16 heavy (non-hydrogen) atoms. The van der Waals surface area contributed by atoms with Crippen molar-refractivity contribution in [3.05, 3.63) is 0 Å². The molecular weight excluding hydrogens is 198 g/mol. The molecule has 1 aliphatic heterocycles. The van der Waals surface area contributed by atoms with E-state index in [9.17, 15) is 0 Å². The Labute approximate surface area is 100 Å². The maximum absolute atomic E-state index is 6.07. The van der Waals surface area contributed by atoms with E-state index in [-0.39, 0.29) is 5.54 Å². The summed E-state index contributed by atoms with van der Waals surface area (Å²) >= 11 is 0. The molecular formula is C13H27N3. The van der Waals surface area contributed by atoms with Crippen molar-refractivity contribution in [1.82, 2.24) is 4.90 Å². The first-order valence-electron chi connectivity index (χ1n) is 6.42. The molecule has 1 heterocycles. The minimum absolute atomic E-state index is 0.0756. The number of likely N-dealkylation sites (tertiary alicyclic amines) is 1. The van der Waals surface area contributed by atoms with Crippen molar-refractivity contribution >= 4 is 5.96 Å². The minimum Gasteiger partial charge on any atom is -0.370 e. The molecule has 3 heteroatoms. The summed E-state index contributed by atoms with van der Waals surface area (Å²) in [5, 5.41) is 0. The Bertz CT molecular complexity index is 259. The molecule has 0 atom stereocenters. The molecule has 0 bridgehead atoms. The second-order valence-electron chi connectivity index (χ2n) is 6.02. The Morgan fingerprint density at radius 3 is 2.25 bits per heavy atom. The van der Waals surface area contributed by atoms with Crippen molar-refractivity contribution in [3.63, 3.8) is 0 Å². The molecule has 94 valence electrons. The van der Waals surface area contributed by atoms with E-state index in [1.165, 1.54) is 19.3 Å². The molecule has 1 saturated heterocycles. The number of hydrogen-bond acceptors (Lipinski definition) is 1. The topological polar surface area (TPSA) is 41.6 Å². The van der Waals surface area contributed by atoms with Gasteiger partial charge in [-0.1, -0.05) is 13.8 Å². The zero-order valence-electron chi connectivity index (χ0n) is 11.5. The van der Waals surface area contributed by atoms with E-state index in [0.717, 1.165) is 19.0 Å². The highest BCUT2D eigenvalue weighted by atomic mass is 15.3. The maximum Gasteiger partial charge on any atom is 0.191 e. The molecule has 1 aliphatic rings. The van der Waals surface area contributed by atoms with Gasteiger partial charge in [-0.3, -0.25) is 0 Å². The molecule has 3 nitrogen and oxygen atoms in total. The van der Waals surface area contributed by atoms with Gasteiger partial charge in [-0.2, -0.15) is 0 Å². The van der Waals surface area contributed by atoms with E-state index in [4.69, 9.17) is 5.73 Å². The predicted molar refractivity (Wildman–Crippen MR) is 70.6 cm³/mol. The van der Waals surface area contributed by atoms with Crippen molar-refractivity contribution in [2.75, 3.05) is 13.1 Å². The van der Waals surface area contributed by atoms with Crippen LogP contribution in [0, 0.1) is 5.41 Å². The zero-order chi connectivity index (χ0) is 12.4. The highest BCUT2D eigenvalue weighted by molar-refractivity contribution is 5.78. The molecule has 0 spiro atoms. The lowest BCUT2D eigenvalue weighted by Gasteiger charge is -2.27. The first-order chi connectivity index (χ1) is 7.32. The highest BCUT2D eigenvalue weighted by Gasteiger charge is 2.35. The average Bonchev–Trinajstić information content (AvgIpc) is 2.60. The molecule has 0 unspecified atom stereocenters. The van der Waals surface area contributed by atoms with Crippen LogP contribution in [0.25, 0.3) is 0 Å². The summed E-state index contributed by atoms with van der Waals surface area (Å²) in [6, 6.07) is 0. The van der Waals surface area contributed by atoms with Gasteiger partial charge in [0.25, 0.3) is 0 Å². The fourth-order valence-electron chi connectivity index (χ4n) is 2.37. The number of rotatable bonds is 2. The van der Waals surface area contributed by atoms with Gasteiger partial charge in [0.05, 0.1) is 5.54 Å². The Hall–Kier alpha value is -0.730. The van der Waals surface area contributed by atoms with Gasteiger partial charge in [0.15, 0.2) is 5.96 Å². The average molecular weight is 225 g/mol. The van der Waals surface area contributed by atoms with Gasteiger partial charge in [0.2, 0.25) is 0 Å². The molecule has 0 radical (unpaired) electrons. The fourth-order valence-corrected chi connectivity index (χ4v) is 2.37. The summed E-state index contributed by atoms with van der Waals surface area (Å²) in [6.07, 6.45) is 3.73. The van der Waals surface area contributed by atoms with Crippen LogP contribution in [0.4, 0.5) is 0 Å². The van der Waals surface area contributed by atoms with E-state index in [1.807, 2.05) is 0 Å². The van der Waals surface area contributed by atoms with Crippen LogP contribution >= 0.6 is 0 Å². The van der Waals surface area contributed by atoms with Crippen LogP contribution in [0.3, 0.4) is 0 Å². The second kappa shape index (κ2) is 4.64. The Morgan fingerprint density at radius 2 is 1.88 bits per heavy atom. The van der Waals surface area contributed by atoms with Gasteiger partial charge in [0.1, 0.15) is 0 Å². The van der Waals surface area contributed by atoms with E-state index < -0.39 is 0 Å². The molecule has 0 amide bonds. The standard InChI is InChI=1S/C13H27N3/c1-6-13(7-2)8-9-16(10-13)11(14)15-12(3,4)5/h6-10H2,1-5H3,(H2,14,15). The normalized spacial score (nSPS) is 21.6. The van der Waals surface area contributed by atoms with Crippen LogP contribution in [0.1, 0.15) is 53.9 Å². The van der Waals surface area contributed by atoms with Crippen LogP contribution in [0.2, 0.25) is 0 Å². The van der Waals surface area contributed by atoms with Crippen molar-refractivity contribution in [2.45, 2.75) is 59.4 Å². The van der Waals surface area contributed by atoms with Gasteiger partial charge in [-0.05, 0) is 45.4 Å². The van der Waals surface area contributed by atoms with Crippen LogP contribution in [-0.2, 0) is 0 Å². The molecule has 0 aromatic carbocycles. The summed E-state index contributed by atoms with van der Waals surface area (Å²) in [7, 11) is 0. The summed E-state index contributed by atoms with van der Waals surface area (Å²) in [6.45, 7) is 13.0. The summed E-state index contributed by atoms with van der Waals surface area (Å²) in [5.41, 5.74) is 6.47. The highest BCUT2D eigenvalue weighted by Crippen LogP contribution is 2.36. The third-order valence-electron chi connectivity index (χ3n) is 3.71. The number of hydrogen-bond donors (Lipinski definition) is 1. The van der Waals surface area contributed by atoms with Crippen molar-refractivity contribution < 1.29 is 0 Å². The predicted octanol–water partition coefficient (Wildman–Crippen LogP) is 2.61. The van der Waals surface area contributed by atoms with Gasteiger partial charge in [-0.15, -0.1) is 0 Å². The quantitative estimate of drug-likeness (QED) is 0.580. The molecule has 0 saturated carbocycles. The number of nitrogens with zero attached hydrogens (tertiary/aromatic N) is 2. The summed E-state index contributed by atoms with van der Waals surface area (Å²) < 4.78 is 0. The number of nitrogens with two attached hydrogens (primary N) is 1. The lowest BCUT2D eigenvalue weighted by Crippen LogP contribution is -2.39. The van der Waals surface area contributed by atoms with E-state index in [2.05, 4.69) is 44.5 Å². The Morgan fingerprint density at radius 1 is 1.31 bits per heavy atom. The third-order valence-corrected chi connectivity index (χ3v) is 3.71. The lowest BCUT2D eigenvalue weighted by atomic mass is 9.82. The van der Waals surface area contributed by atoms with Crippen LogP contribution in [0.5, 0.6) is 0 Å². The van der Waals surface area contributed by atoms with Crippen molar-refractivity contribution in [1.29, 1.82) is 0 Å². The second-order valence-corrected chi connectivity index (χ2v) is 6.02. The van der Waals surface area contributed by atoms with E-state index in [1.54, 1.807) is 0 Å². The number of aliphatic imine (C=N–C) groups is 1. The van der Waals surface area contributed by atoms with Gasteiger partial charge in [-0.25, -0.2) is 4.99 Å². The Kier molecular flexibility index (Phi) is 3.87. The first-order valence-corrected chi connectivity index (χ1v) is 6.42. The van der Waals surface area contributed by atoms with Crippen molar-refractivity contribution in [3.8, 4) is 0 Å². The summed E-state index contributed by atoms with van der Waals surface area (Å²) in [5.74, 6) is 0.719. The van der Waals surface area contributed by atoms with E-state index >= 15 is 0 Å². The van der Waals surface area contributed by atoms with Crippen LogP contribution in [-0.4, -0.2) is 29.5 Å². The molecule has 2 N–H and O–H groups in total. The summed E-state index contributed by atoms with van der Waals surface area (Å²) in [4.78, 5) is 6.79. The van der Waals surface area contributed by atoms with Crippen LogP contribution in [0.15, 0.2) is 4.99 Å². The maximum atomic E-state index is 6.07. The Balaban J connectivity index is 2.70. The zero-order valence-corrected chi connectivity index (χ0v) is 11.5. The minimum atomic E-state index is -0.0756. The third kappa shape index (κ3) is 3.13. The van der Waals surface area contributed by atoms with E-state index in [0.29, 0.717) is 5.41 Å². The lowest BCUT2D eigenvalue weighted by molar-refractivity contribution is 0.276. The molecule has 0 aromatic heterocycles. The molecule has 1 fully saturated rings. The SMILES string of the molecule is CCC1(CC)CCN(C(N)=NC(C)(C)C)C1. The largest absolute Gasteiger partial charge is 0.370 e. The monoisotopic (exact) mass is 225 g/mol. The molecule has 0 aliphatic carbocycles. The first kappa shape index (κ1) is 13.3. The van der Waals surface area contributed by atoms with Crippen molar-refractivity contribution in [2.24, 2.45) is 16.1 Å². The van der Waals surface area contributed by atoms with Crippen LogP contribution < -0.4 is 5.73 Å². The van der Waals surface area contributed by atoms with Gasteiger partial charge >= 0.3 is 0 Å². The fraction of sp³-hybridized carbons (Fsp3) is 0.923. The van der Waals surface area contributed by atoms with Gasteiger partial charge in [0, 0.05) is 13.1 Å². The number of guanidine groups is 1. The molecule has 0 aromatic rings. The molecule has 1 rings (SSSR count). The smallest absolute Gasteiger partial charge is 0.191 e.